The summed E-state index contributed by atoms with van der Waals surface area (Å²) in [6.45, 7) is 5.13. The lowest BCUT2D eigenvalue weighted by molar-refractivity contribution is -0.122. The number of carbonyl (C=O) groups is 1. The number of hydrogen-bond donors (Lipinski definition) is 2. The van der Waals surface area contributed by atoms with Crippen LogP contribution < -0.4 is 11.5 Å². The van der Waals surface area contributed by atoms with E-state index in [0.29, 0.717) is 17.8 Å². The Hall–Kier alpha value is -0.530. The summed E-state index contributed by atoms with van der Waals surface area (Å²) in [5, 5.41) is 0. The van der Waals surface area contributed by atoms with E-state index in [1.807, 2.05) is 0 Å². The van der Waals surface area contributed by atoms with Crippen LogP contribution in [-0.4, -0.2) is 36.4 Å². The molecule has 0 aromatic rings. The molecule has 2 rings (SSSR count). The van der Waals surface area contributed by atoms with E-state index in [2.05, 4.69) is 16.8 Å². The summed E-state index contributed by atoms with van der Waals surface area (Å²) in [6, 6.07) is 0. The van der Waals surface area contributed by atoms with Crippen molar-refractivity contribution in [3.8, 4) is 0 Å². The smallest absolute Gasteiger partial charge is 0.220 e. The number of piperidine rings is 1. The molecule has 1 saturated heterocycles. The summed E-state index contributed by atoms with van der Waals surface area (Å²) >= 11 is 0. The maximum atomic E-state index is 11.1. The molecule has 1 aliphatic carbocycles. The SMILES string of the molecule is CC1CCCN(C(N)=NCC2CCC(C(N)=O)CC2)C1.I. The van der Waals surface area contributed by atoms with Crippen molar-refractivity contribution in [2.45, 2.75) is 45.4 Å². The topological polar surface area (TPSA) is 84.7 Å². The van der Waals surface area contributed by atoms with E-state index in [1.54, 1.807) is 0 Å². The van der Waals surface area contributed by atoms with E-state index >= 15 is 0 Å². The predicted octanol–water partition coefficient (Wildman–Crippen LogP) is 1.94. The summed E-state index contributed by atoms with van der Waals surface area (Å²) in [7, 11) is 0. The summed E-state index contributed by atoms with van der Waals surface area (Å²) in [5.74, 6) is 1.91. The Kier molecular flexibility index (Phi) is 7.76. The highest BCUT2D eigenvalue weighted by Gasteiger charge is 2.24. The van der Waals surface area contributed by atoms with E-state index in [-0.39, 0.29) is 35.8 Å². The van der Waals surface area contributed by atoms with Gasteiger partial charge in [-0.2, -0.15) is 0 Å². The zero-order chi connectivity index (χ0) is 14.5. The summed E-state index contributed by atoms with van der Waals surface area (Å²) < 4.78 is 0. The lowest BCUT2D eigenvalue weighted by Crippen LogP contribution is -2.43. The molecule has 1 heterocycles. The zero-order valence-corrected chi connectivity index (χ0v) is 15.3. The molecule has 0 aromatic carbocycles. The number of nitrogens with two attached hydrogens (primary N) is 2. The van der Waals surface area contributed by atoms with E-state index in [9.17, 15) is 4.79 Å². The molecule has 0 aromatic heterocycles. The van der Waals surface area contributed by atoms with Gasteiger partial charge in [0.15, 0.2) is 5.96 Å². The number of likely N-dealkylation sites (tertiary alicyclic amines) is 1. The van der Waals surface area contributed by atoms with Gasteiger partial charge in [0, 0.05) is 25.6 Å². The van der Waals surface area contributed by atoms with Crippen molar-refractivity contribution in [1.82, 2.24) is 4.90 Å². The second-order valence-corrected chi connectivity index (χ2v) is 6.51. The fraction of sp³-hybridized carbons (Fsp3) is 0.867. The minimum absolute atomic E-state index is 0. The number of carbonyl (C=O) groups excluding carboxylic acids is 1. The van der Waals surface area contributed by atoms with Crippen LogP contribution in [-0.2, 0) is 4.79 Å². The van der Waals surface area contributed by atoms with Gasteiger partial charge in [-0.1, -0.05) is 6.92 Å². The quantitative estimate of drug-likeness (QED) is 0.425. The van der Waals surface area contributed by atoms with Crippen LogP contribution in [0.15, 0.2) is 4.99 Å². The van der Waals surface area contributed by atoms with Gasteiger partial charge in [-0.15, -0.1) is 24.0 Å². The van der Waals surface area contributed by atoms with Crippen molar-refractivity contribution >= 4 is 35.8 Å². The number of halogens is 1. The molecule has 5 nitrogen and oxygen atoms in total. The Balaban J connectivity index is 0.00000220. The van der Waals surface area contributed by atoms with Gasteiger partial charge in [0.05, 0.1) is 0 Å². The van der Waals surface area contributed by atoms with Crippen LogP contribution in [0.4, 0.5) is 0 Å². The van der Waals surface area contributed by atoms with Gasteiger partial charge in [-0.25, -0.2) is 0 Å². The van der Waals surface area contributed by atoms with Crippen molar-refractivity contribution in [1.29, 1.82) is 0 Å². The van der Waals surface area contributed by atoms with Crippen molar-refractivity contribution in [3.05, 3.63) is 0 Å². The van der Waals surface area contributed by atoms with E-state index in [0.717, 1.165) is 45.3 Å². The lowest BCUT2D eigenvalue weighted by Gasteiger charge is -2.32. The molecule has 2 aliphatic rings. The average Bonchev–Trinajstić information content (AvgIpc) is 2.45. The molecular formula is C15H29IN4O. The molecule has 0 bridgehead atoms. The van der Waals surface area contributed by atoms with Crippen LogP contribution in [0.25, 0.3) is 0 Å². The van der Waals surface area contributed by atoms with Crippen molar-refractivity contribution in [2.24, 2.45) is 34.2 Å². The first-order valence-corrected chi connectivity index (χ1v) is 7.90. The molecule has 0 radical (unpaired) electrons. The van der Waals surface area contributed by atoms with Crippen molar-refractivity contribution < 1.29 is 4.79 Å². The number of primary amides is 1. The highest BCUT2D eigenvalue weighted by atomic mass is 127. The fourth-order valence-electron chi connectivity index (χ4n) is 3.35. The highest BCUT2D eigenvalue weighted by molar-refractivity contribution is 14.0. The second kappa shape index (κ2) is 8.80. The molecule has 6 heteroatoms. The molecule has 122 valence electrons. The largest absolute Gasteiger partial charge is 0.370 e. The number of guanidine groups is 1. The highest BCUT2D eigenvalue weighted by Crippen LogP contribution is 2.28. The molecule has 1 atom stereocenters. The van der Waals surface area contributed by atoms with Crippen LogP contribution in [0.3, 0.4) is 0 Å². The van der Waals surface area contributed by atoms with Crippen LogP contribution in [0.2, 0.25) is 0 Å². The van der Waals surface area contributed by atoms with Crippen molar-refractivity contribution in [2.75, 3.05) is 19.6 Å². The number of hydrogen-bond acceptors (Lipinski definition) is 2. The molecule has 0 spiro atoms. The molecule has 1 aliphatic heterocycles. The minimum atomic E-state index is -0.145. The predicted molar refractivity (Wildman–Crippen MR) is 96.5 cm³/mol. The van der Waals surface area contributed by atoms with Gasteiger partial charge < -0.3 is 16.4 Å². The first-order chi connectivity index (χ1) is 9.56. The number of nitrogens with zero attached hydrogens (tertiary/aromatic N) is 2. The number of amides is 1. The molecule has 21 heavy (non-hydrogen) atoms. The summed E-state index contributed by atoms with van der Waals surface area (Å²) in [5.41, 5.74) is 11.5. The molecule has 1 unspecified atom stereocenters. The summed E-state index contributed by atoms with van der Waals surface area (Å²) in [6.07, 6.45) is 6.41. The molecule has 4 N–H and O–H groups in total. The molecule has 2 fully saturated rings. The van der Waals surface area contributed by atoms with Crippen LogP contribution in [0.5, 0.6) is 0 Å². The Bertz CT molecular complexity index is 367. The summed E-state index contributed by atoms with van der Waals surface area (Å²) in [4.78, 5) is 17.9. The first kappa shape index (κ1) is 18.5. The van der Waals surface area contributed by atoms with Gasteiger partial charge in [0.2, 0.25) is 5.91 Å². The maximum absolute atomic E-state index is 11.1. The van der Waals surface area contributed by atoms with Gasteiger partial charge in [0.25, 0.3) is 0 Å². The second-order valence-electron chi connectivity index (χ2n) is 6.51. The Morgan fingerprint density at radius 2 is 1.86 bits per heavy atom. The van der Waals surface area contributed by atoms with Crippen LogP contribution in [0, 0.1) is 17.8 Å². The molecule has 1 amide bonds. The van der Waals surface area contributed by atoms with E-state index in [1.165, 1.54) is 12.8 Å². The zero-order valence-electron chi connectivity index (χ0n) is 13.0. The Morgan fingerprint density at radius 1 is 1.19 bits per heavy atom. The molecular weight excluding hydrogens is 379 g/mol. The number of rotatable bonds is 3. The normalized spacial score (nSPS) is 30.6. The third kappa shape index (κ3) is 5.64. The fourth-order valence-corrected chi connectivity index (χ4v) is 3.35. The Labute approximate surface area is 144 Å². The lowest BCUT2D eigenvalue weighted by atomic mass is 9.82. The molecule has 1 saturated carbocycles. The van der Waals surface area contributed by atoms with Crippen LogP contribution >= 0.6 is 24.0 Å². The van der Waals surface area contributed by atoms with E-state index < -0.39 is 0 Å². The van der Waals surface area contributed by atoms with Gasteiger partial charge in [-0.05, 0) is 50.4 Å². The van der Waals surface area contributed by atoms with Gasteiger partial charge in [-0.3, -0.25) is 9.79 Å². The average molecular weight is 408 g/mol. The third-order valence-electron chi connectivity index (χ3n) is 4.74. The minimum Gasteiger partial charge on any atom is -0.370 e. The number of aliphatic imine (C=N–C) groups is 1. The standard InChI is InChI=1S/C15H28N4O.HI/c1-11-3-2-8-19(10-11)15(17)18-9-12-4-6-13(7-5-12)14(16)20;/h11-13H,2-10H2,1H3,(H2,16,20)(H2,17,18);1H. The monoisotopic (exact) mass is 408 g/mol. The van der Waals surface area contributed by atoms with E-state index in [4.69, 9.17) is 11.5 Å². The first-order valence-electron chi connectivity index (χ1n) is 7.90. The van der Waals surface area contributed by atoms with Crippen molar-refractivity contribution in [3.63, 3.8) is 0 Å². The Morgan fingerprint density at radius 3 is 2.43 bits per heavy atom. The maximum Gasteiger partial charge on any atom is 0.220 e. The van der Waals surface area contributed by atoms with Gasteiger partial charge >= 0.3 is 0 Å². The van der Waals surface area contributed by atoms with Crippen LogP contribution in [0.1, 0.15) is 45.4 Å². The van der Waals surface area contributed by atoms with Gasteiger partial charge in [0.1, 0.15) is 0 Å². The third-order valence-corrected chi connectivity index (χ3v) is 4.74.